The number of carbonyl (C=O) groups excluding carboxylic acids is 2. The topological polar surface area (TPSA) is 130 Å². The number of ether oxygens (including phenoxy) is 1. The van der Waals surface area contributed by atoms with Gasteiger partial charge in [0.15, 0.2) is 0 Å². The van der Waals surface area contributed by atoms with Crippen LogP contribution in [0.25, 0.3) is 33.6 Å². The third-order valence-electron chi connectivity index (χ3n) is 6.48. The van der Waals surface area contributed by atoms with E-state index in [0.717, 1.165) is 5.56 Å². The van der Waals surface area contributed by atoms with Crippen LogP contribution >= 0.6 is 0 Å². The Hall–Kier alpha value is -4.92. The molecule has 0 fully saturated rings. The van der Waals surface area contributed by atoms with Gasteiger partial charge in [0.25, 0.3) is 11.8 Å². The molecule has 0 saturated heterocycles. The second-order valence-corrected chi connectivity index (χ2v) is 10.2. The van der Waals surface area contributed by atoms with Gasteiger partial charge in [-0.05, 0) is 39.3 Å². The third kappa shape index (κ3) is 6.35. The van der Waals surface area contributed by atoms with E-state index in [4.69, 9.17) is 9.15 Å². The number of nitrogens with zero attached hydrogens (tertiary/aromatic N) is 3. The zero-order valence-electron chi connectivity index (χ0n) is 23.6. The number of pyridine rings is 2. The summed E-state index contributed by atoms with van der Waals surface area (Å²) in [5, 5.41) is 14.8. The molecule has 0 aliphatic carbocycles. The summed E-state index contributed by atoms with van der Waals surface area (Å²) in [6.07, 6.45) is -4.80. The quantitative estimate of drug-likeness (QED) is 0.271. The number of amides is 2. The van der Waals surface area contributed by atoms with Gasteiger partial charge in [0, 0.05) is 36.4 Å². The molecule has 1 aromatic carbocycles. The number of halogens is 3. The normalized spacial score (nSPS) is 11.7. The molecular weight excluding hydrogens is 551 g/mol. The van der Waals surface area contributed by atoms with Crippen molar-refractivity contribution in [2.75, 3.05) is 14.2 Å². The lowest BCUT2D eigenvalue weighted by molar-refractivity contribution is -0.134. The summed E-state index contributed by atoms with van der Waals surface area (Å²) in [6.45, 7) is 4.92. The zero-order valence-corrected chi connectivity index (χ0v) is 23.6. The highest BCUT2D eigenvalue weighted by Gasteiger charge is 2.30. The molecule has 0 aliphatic rings. The van der Waals surface area contributed by atoms with Crippen LogP contribution in [0.4, 0.5) is 13.2 Å². The lowest BCUT2D eigenvalue weighted by Crippen LogP contribution is -2.42. The molecule has 4 rings (SSSR count). The molecule has 3 aromatic heterocycles. The van der Waals surface area contributed by atoms with Crippen LogP contribution in [0, 0.1) is 18.3 Å². The van der Waals surface area contributed by atoms with Gasteiger partial charge in [0.05, 0.1) is 29.8 Å². The van der Waals surface area contributed by atoms with Crippen LogP contribution in [-0.4, -0.2) is 47.7 Å². The first-order valence-electron chi connectivity index (χ1n) is 12.9. The summed E-state index contributed by atoms with van der Waals surface area (Å²) < 4.78 is 51.2. The van der Waals surface area contributed by atoms with Gasteiger partial charge < -0.3 is 19.8 Å². The Kier molecular flexibility index (Phi) is 8.24. The third-order valence-corrected chi connectivity index (χ3v) is 6.48. The van der Waals surface area contributed by atoms with Gasteiger partial charge in [0.2, 0.25) is 11.6 Å². The number of fused-ring (bicyclic) bond motifs is 1. The Morgan fingerprint density at radius 3 is 2.38 bits per heavy atom. The maximum atomic E-state index is 13.3. The van der Waals surface area contributed by atoms with Crippen molar-refractivity contribution in [1.82, 2.24) is 20.6 Å². The minimum Gasteiger partial charge on any atom is -0.480 e. The summed E-state index contributed by atoms with van der Waals surface area (Å²) in [5.74, 6) is -0.990. The van der Waals surface area contributed by atoms with Crippen LogP contribution in [-0.2, 0) is 6.42 Å². The van der Waals surface area contributed by atoms with Crippen molar-refractivity contribution in [2.45, 2.75) is 45.3 Å². The van der Waals surface area contributed by atoms with Crippen molar-refractivity contribution < 1.29 is 31.9 Å². The van der Waals surface area contributed by atoms with Gasteiger partial charge in [-0.2, -0.15) is 18.4 Å². The average Bonchev–Trinajstić information content (AvgIpc) is 3.32. The molecule has 12 heteroatoms. The zero-order chi connectivity index (χ0) is 30.8. The van der Waals surface area contributed by atoms with Gasteiger partial charge >= 0.3 is 6.18 Å². The van der Waals surface area contributed by atoms with Crippen LogP contribution in [0.3, 0.4) is 0 Å². The smallest absolute Gasteiger partial charge is 0.389 e. The summed E-state index contributed by atoms with van der Waals surface area (Å²) in [4.78, 5) is 34.8. The molecule has 0 unspecified atom stereocenters. The number of benzene rings is 1. The monoisotopic (exact) mass is 579 g/mol. The fraction of sp³-hybridized carbons (Fsp3) is 0.300. The SMILES string of the molecule is CNC(=O)c1c(-c2ccc(C)cc2)oc2nc(CCC(F)(F)F)c(-c3cnc(OC)c(C(=O)NC(C)(C)C#N)c3)cc12. The van der Waals surface area contributed by atoms with Crippen LogP contribution in [0.1, 0.15) is 52.2 Å². The van der Waals surface area contributed by atoms with Crippen molar-refractivity contribution in [3.8, 4) is 34.4 Å². The average molecular weight is 580 g/mol. The molecular formula is C30H28F3N5O4. The van der Waals surface area contributed by atoms with E-state index in [1.54, 1.807) is 12.1 Å². The molecule has 0 bridgehead atoms. The molecule has 0 radical (unpaired) electrons. The Bertz CT molecular complexity index is 1700. The first-order chi connectivity index (χ1) is 19.8. The van der Waals surface area contributed by atoms with Crippen molar-refractivity contribution in [3.05, 3.63) is 65.0 Å². The summed E-state index contributed by atoms with van der Waals surface area (Å²) in [5.41, 5.74) is 0.949. The predicted octanol–water partition coefficient (Wildman–Crippen LogP) is 5.76. The standard InChI is InChI=1S/C30H28F3N5O4/c1-16-6-8-17(9-7-16)24-23(26(40)35-4)20-13-19(22(37-28(20)42-24)10-11-30(31,32)33)18-12-21(27(41-5)36-14-18)25(39)38-29(2,3)15-34/h6-9,12-14H,10-11H2,1-5H3,(H,35,40)(H,38,39). The summed E-state index contributed by atoms with van der Waals surface area (Å²) in [7, 11) is 2.76. The highest BCUT2D eigenvalue weighted by molar-refractivity contribution is 6.11. The molecule has 4 aromatic rings. The predicted molar refractivity (Wildman–Crippen MR) is 149 cm³/mol. The second kappa shape index (κ2) is 11.5. The minimum absolute atomic E-state index is 0.0136. The van der Waals surface area contributed by atoms with E-state index in [9.17, 15) is 28.0 Å². The van der Waals surface area contributed by atoms with E-state index in [0.29, 0.717) is 5.56 Å². The van der Waals surface area contributed by atoms with Gasteiger partial charge in [-0.25, -0.2) is 9.97 Å². The molecule has 2 amide bonds. The van der Waals surface area contributed by atoms with Crippen molar-refractivity contribution in [1.29, 1.82) is 5.26 Å². The highest BCUT2D eigenvalue weighted by atomic mass is 19.4. The molecule has 3 heterocycles. The molecule has 0 aliphatic heterocycles. The van der Waals surface area contributed by atoms with Crippen LogP contribution < -0.4 is 15.4 Å². The number of hydrogen-bond donors (Lipinski definition) is 2. The molecule has 9 nitrogen and oxygen atoms in total. The van der Waals surface area contributed by atoms with Gasteiger partial charge in [-0.1, -0.05) is 29.8 Å². The van der Waals surface area contributed by atoms with Crippen molar-refractivity contribution >= 4 is 22.9 Å². The molecule has 218 valence electrons. The van der Waals surface area contributed by atoms with E-state index in [1.807, 2.05) is 25.1 Å². The highest BCUT2D eigenvalue weighted by Crippen LogP contribution is 2.38. The second-order valence-electron chi connectivity index (χ2n) is 10.2. The fourth-order valence-electron chi connectivity index (χ4n) is 4.32. The number of furan rings is 1. The van der Waals surface area contributed by atoms with Crippen LogP contribution in [0.2, 0.25) is 0 Å². The number of hydrogen-bond acceptors (Lipinski definition) is 7. The van der Waals surface area contributed by atoms with E-state index in [-0.39, 0.29) is 50.7 Å². The van der Waals surface area contributed by atoms with Crippen LogP contribution in [0.15, 0.2) is 47.0 Å². The number of rotatable bonds is 8. The molecule has 0 saturated carbocycles. The lowest BCUT2D eigenvalue weighted by Gasteiger charge is -2.19. The number of alkyl halides is 3. The maximum absolute atomic E-state index is 13.3. The number of carbonyl (C=O) groups is 2. The molecule has 2 N–H and O–H groups in total. The number of nitriles is 1. The number of nitrogens with one attached hydrogen (secondary N) is 2. The first-order valence-corrected chi connectivity index (χ1v) is 12.9. The number of aryl methyl sites for hydroxylation is 2. The van der Waals surface area contributed by atoms with Crippen molar-refractivity contribution in [2.24, 2.45) is 0 Å². The van der Waals surface area contributed by atoms with Gasteiger partial charge in [-0.3, -0.25) is 9.59 Å². The summed E-state index contributed by atoms with van der Waals surface area (Å²) in [6, 6.07) is 12.1. The lowest BCUT2D eigenvalue weighted by atomic mass is 9.97. The van der Waals surface area contributed by atoms with Gasteiger partial charge in [-0.15, -0.1) is 0 Å². The Labute approximate surface area is 239 Å². The molecule has 0 spiro atoms. The molecule has 0 atom stereocenters. The van der Waals surface area contributed by atoms with Crippen molar-refractivity contribution in [3.63, 3.8) is 0 Å². The number of methoxy groups -OCH3 is 1. The largest absolute Gasteiger partial charge is 0.480 e. The maximum Gasteiger partial charge on any atom is 0.389 e. The van der Waals surface area contributed by atoms with E-state index >= 15 is 0 Å². The van der Waals surface area contributed by atoms with E-state index < -0.39 is 36.4 Å². The Morgan fingerprint density at radius 1 is 1.10 bits per heavy atom. The fourth-order valence-corrected chi connectivity index (χ4v) is 4.32. The van der Waals surface area contributed by atoms with E-state index in [2.05, 4.69) is 20.6 Å². The molecule has 42 heavy (non-hydrogen) atoms. The first kappa shape index (κ1) is 30.0. The van der Waals surface area contributed by atoms with Crippen LogP contribution in [0.5, 0.6) is 5.88 Å². The minimum atomic E-state index is -4.47. The Morgan fingerprint density at radius 2 is 1.79 bits per heavy atom. The van der Waals surface area contributed by atoms with E-state index in [1.165, 1.54) is 46.3 Å². The number of aromatic nitrogens is 2. The Balaban J connectivity index is 1.97. The van der Waals surface area contributed by atoms with Gasteiger partial charge in [0.1, 0.15) is 16.9 Å². The summed E-state index contributed by atoms with van der Waals surface area (Å²) >= 11 is 0.